The minimum atomic E-state index is 0.347. The van der Waals surface area contributed by atoms with Crippen LogP contribution in [-0.4, -0.2) is 19.2 Å². The van der Waals surface area contributed by atoms with Gasteiger partial charge < -0.3 is 10.1 Å². The zero-order valence-electron chi connectivity index (χ0n) is 10.4. The van der Waals surface area contributed by atoms with Crippen LogP contribution in [0.3, 0.4) is 0 Å². The lowest BCUT2D eigenvalue weighted by atomic mass is 10.0. The fourth-order valence-corrected chi connectivity index (χ4v) is 2.13. The van der Waals surface area contributed by atoms with Gasteiger partial charge in [-0.3, -0.25) is 0 Å². The molecule has 1 heterocycles. The van der Waals surface area contributed by atoms with Crippen LogP contribution in [0, 0.1) is 6.92 Å². The maximum absolute atomic E-state index is 6.09. The molecule has 1 atom stereocenters. The monoisotopic (exact) mass is 219 g/mol. The molecule has 1 aliphatic heterocycles. The van der Waals surface area contributed by atoms with Gasteiger partial charge in [0.25, 0.3) is 0 Å². The summed E-state index contributed by atoms with van der Waals surface area (Å²) < 4.78 is 6.09. The predicted molar refractivity (Wildman–Crippen MR) is 67.2 cm³/mol. The summed E-state index contributed by atoms with van der Waals surface area (Å²) in [6.45, 7) is 8.59. The Morgan fingerprint density at radius 3 is 2.81 bits per heavy atom. The van der Waals surface area contributed by atoms with E-state index in [-0.39, 0.29) is 0 Å². The molecular weight excluding hydrogens is 198 g/mol. The van der Waals surface area contributed by atoms with Gasteiger partial charge in [0.15, 0.2) is 0 Å². The molecule has 0 aliphatic carbocycles. The van der Waals surface area contributed by atoms with Gasteiger partial charge in [0.2, 0.25) is 0 Å². The molecule has 0 unspecified atom stereocenters. The molecule has 0 radical (unpaired) electrons. The Morgan fingerprint density at radius 1 is 1.38 bits per heavy atom. The van der Waals surface area contributed by atoms with Crippen molar-refractivity contribution in [2.75, 3.05) is 13.1 Å². The largest absolute Gasteiger partial charge is 0.489 e. The lowest BCUT2D eigenvalue weighted by Gasteiger charge is -2.18. The minimum Gasteiger partial charge on any atom is -0.489 e. The summed E-state index contributed by atoms with van der Waals surface area (Å²) in [4.78, 5) is 0. The van der Waals surface area contributed by atoms with Crippen LogP contribution in [0.1, 0.15) is 37.3 Å². The Kier molecular flexibility index (Phi) is 3.49. The van der Waals surface area contributed by atoms with Crippen molar-refractivity contribution < 1.29 is 4.74 Å². The maximum Gasteiger partial charge on any atom is 0.123 e. The number of hydrogen-bond acceptors (Lipinski definition) is 2. The molecule has 0 bridgehead atoms. The summed E-state index contributed by atoms with van der Waals surface area (Å²) in [5.74, 6) is 1.59. The van der Waals surface area contributed by atoms with Crippen LogP contribution in [-0.2, 0) is 0 Å². The highest BCUT2D eigenvalue weighted by molar-refractivity contribution is 5.39. The first-order valence-corrected chi connectivity index (χ1v) is 6.14. The van der Waals surface area contributed by atoms with Gasteiger partial charge in [-0.15, -0.1) is 0 Å². The van der Waals surface area contributed by atoms with Crippen LogP contribution in [0.25, 0.3) is 0 Å². The lowest BCUT2D eigenvalue weighted by Crippen LogP contribution is -2.20. The van der Waals surface area contributed by atoms with E-state index in [1.165, 1.54) is 11.1 Å². The summed E-state index contributed by atoms with van der Waals surface area (Å²) in [6.07, 6.45) is 1.46. The zero-order chi connectivity index (χ0) is 11.5. The van der Waals surface area contributed by atoms with Crippen LogP contribution < -0.4 is 10.1 Å². The second-order valence-electron chi connectivity index (χ2n) is 4.93. The van der Waals surface area contributed by atoms with Crippen molar-refractivity contribution in [3.63, 3.8) is 0 Å². The average Bonchev–Trinajstić information content (AvgIpc) is 2.70. The number of nitrogens with one attached hydrogen (secondary N) is 1. The van der Waals surface area contributed by atoms with Crippen molar-refractivity contribution in [2.45, 2.75) is 39.2 Å². The fourth-order valence-electron chi connectivity index (χ4n) is 2.13. The standard InChI is InChI=1S/C14H21NO/c1-10(2)13-5-4-11(3)8-14(13)16-12-6-7-15-9-12/h4-5,8,10,12,15H,6-7,9H2,1-3H3/t12-/m1/s1. The number of aryl methyl sites for hydroxylation is 1. The van der Waals surface area contributed by atoms with E-state index < -0.39 is 0 Å². The number of ether oxygens (including phenoxy) is 1. The Balaban J connectivity index is 2.19. The Hall–Kier alpha value is -1.02. The van der Waals surface area contributed by atoms with Crippen LogP contribution in [0.5, 0.6) is 5.75 Å². The van der Waals surface area contributed by atoms with E-state index in [0.29, 0.717) is 12.0 Å². The van der Waals surface area contributed by atoms with E-state index in [2.05, 4.69) is 44.3 Å². The Bertz CT molecular complexity index is 354. The molecule has 1 N–H and O–H groups in total. The van der Waals surface area contributed by atoms with Gasteiger partial charge >= 0.3 is 0 Å². The number of hydrogen-bond donors (Lipinski definition) is 1. The zero-order valence-corrected chi connectivity index (χ0v) is 10.4. The summed E-state index contributed by atoms with van der Waals surface area (Å²) in [5, 5.41) is 3.33. The molecule has 88 valence electrons. The molecule has 1 fully saturated rings. The van der Waals surface area contributed by atoms with Crippen molar-refractivity contribution in [3.05, 3.63) is 29.3 Å². The summed E-state index contributed by atoms with van der Waals surface area (Å²) in [7, 11) is 0. The topological polar surface area (TPSA) is 21.3 Å². The van der Waals surface area contributed by atoms with Gasteiger partial charge in [-0.05, 0) is 43.0 Å². The van der Waals surface area contributed by atoms with Crippen molar-refractivity contribution in [3.8, 4) is 5.75 Å². The first kappa shape index (κ1) is 11.5. The van der Waals surface area contributed by atoms with Crippen molar-refractivity contribution in [1.29, 1.82) is 0 Å². The van der Waals surface area contributed by atoms with Crippen molar-refractivity contribution >= 4 is 0 Å². The summed E-state index contributed by atoms with van der Waals surface area (Å²) in [6, 6.07) is 6.51. The third-order valence-corrected chi connectivity index (χ3v) is 3.10. The summed E-state index contributed by atoms with van der Waals surface area (Å²) >= 11 is 0. The molecule has 16 heavy (non-hydrogen) atoms. The van der Waals surface area contributed by atoms with Gasteiger partial charge in [0, 0.05) is 6.54 Å². The lowest BCUT2D eigenvalue weighted by molar-refractivity contribution is 0.220. The second kappa shape index (κ2) is 4.88. The minimum absolute atomic E-state index is 0.347. The van der Waals surface area contributed by atoms with Gasteiger partial charge in [0.05, 0.1) is 0 Å². The molecule has 0 amide bonds. The SMILES string of the molecule is Cc1ccc(C(C)C)c(O[C@@H]2CCNC2)c1. The number of benzene rings is 1. The quantitative estimate of drug-likeness (QED) is 0.844. The molecule has 0 spiro atoms. The second-order valence-corrected chi connectivity index (χ2v) is 4.93. The smallest absolute Gasteiger partial charge is 0.123 e. The van der Waals surface area contributed by atoms with E-state index >= 15 is 0 Å². The third-order valence-electron chi connectivity index (χ3n) is 3.10. The highest BCUT2D eigenvalue weighted by Gasteiger charge is 2.18. The highest BCUT2D eigenvalue weighted by Crippen LogP contribution is 2.28. The van der Waals surface area contributed by atoms with Gasteiger partial charge in [-0.25, -0.2) is 0 Å². The van der Waals surface area contributed by atoms with Crippen LogP contribution in [0.15, 0.2) is 18.2 Å². The van der Waals surface area contributed by atoms with E-state index in [9.17, 15) is 0 Å². The highest BCUT2D eigenvalue weighted by atomic mass is 16.5. The molecule has 2 nitrogen and oxygen atoms in total. The predicted octanol–water partition coefficient (Wildman–Crippen LogP) is 2.86. The first-order valence-electron chi connectivity index (χ1n) is 6.14. The van der Waals surface area contributed by atoms with E-state index in [1.54, 1.807) is 0 Å². The van der Waals surface area contributed by atoms with Crippen LogP contribution >= 0.6 is 0 Å². The maximum atomic E-state index is 6.09. The molecule has 1 aromatic carbocycles. The van der Waals surface area contributed by atoms with Crippen molar-refractivity contribution in [1.82, 2.24) is 5.32 Å². The third kappa shape index (κ3) is 2.56. The van der Waals surface area contributed by atoms with E-state index in [0.717, 1.165) is 25.3 Å². The molecule has 1 aromatic rings. The normalized spacial score (nSPS) is 20.4. The first-order chi connectivity index (χ1) is 7.66. The fraction of sp³-hybridized carbons (Fsp3) is 0.571. The molecule has 0 aromatic heterocycles. The van der Waals surface area contributed by atoms with E-state index in [4.69, 9.17) is 4.74 Å². The molecule has 1 aliphatic rings. The molecule has 2 rings (SSSR count). The van der Waals surface area contributed by atoms with Gasteiger partial charge in [-0.2, -0.15) is 0 Å². The Labute approximate surface area is 98.0 Å². The molecular formula is C14H21NO. The van der Waals surface area contributed by atoms with Gasteiger partial charge in [0.1, 0.15) is 11.9 Å². The molecule has 0 saturated carbocycles. The van der Waals surface area contributed by atoms with Gasteiger partial charge in [-0.1, -0.05) is 26.0 Å². The average molecular weight is 219 g/mol. The summed E-state index contributed by atoms with van der Waals surface area (Å²) in [5.41, 5.74) is 2.59. The number of rotatable bonds is 3. The Morgan fingerprint density at radius 2 is 2.19 bits per heavy atom. The molecule has 1 saturated heterocycles. The van der Waals surface area contributed by atoms with Crippen molar-refractivity contribution in [2.24, 2.45) is 0 Å². The molecule has 2 heteroatoms. The van der Waals surface area contributed by atoms with Crippen LogP contribution in [0.4, 0.5) is 0 Å². The van der Waals surface area contributed by atoms with Crippen LogP contribution in [0.2, 0.25) is 0 Å². The van der Waals surface area contributed by atoms with E-state index in [1.807, 2.05) is 0 Å².